The number of likely N-dealkylation sites (N-methyl/N-ethyl adjacent to an activating group) is 1. The third kappa shape index (κ3) is 2.59. The fourth-order valence-electron chi connectivity index (χ4n) is 2.92. The molecule has 2 aromatic rings. The van der Waals surface area contributed by atoms with E-state index in [-0.39, 0.29) is 12.0 Å². The van der Waals surface area contributed by atoms with Crippen LogP contribution in [0.4, 0.5) is 11.4 Å². The van der Waals surface area contributed by atoms with Gasteiger partial charge in [0.2, 0.25) is 0 Å². The molecule has 24 heavy (non-hydrogen) atoms. The van der Waals surface area contributed by atoms with Crippen molar-refractivity contribution in [3.05, 3.63) is 72.3 Å². The third-order valence-corrected chi connectivity index (χ3v) is 4.19. The number of carbonyl (C=O) groups excluding carboxylic acids is 2. The Morgan fingerprint density at radius 3 is 2.50 bits per heavy atom. The molecule has 0 fully saturated rings. The van der Waals surface area contributed by atoms with Gasteiger partial charge in [0.05, 0.1) is 5.69 Å². The smallest absolute Gasteiger partial charge is 0.263 e. The first-order valence-electron chi connectivity index (χ1n) is 7.57. The van der Waals surface area contributed by atoms with Crippen molar-refractivity contribution in [1.82, 2.24) is 0 Å². The number of hydrogen-bond acceptors (Lipinski definition) is 3. The SMILES string of the molecule is C=C(C[C@]1(O)C(=O)N(C)c2ccccc21)C(=O)Nc1ccccc1. The number of nitrogens with one attached hydrogen (secondary N) is 1. The Bertz CT molecular complexity index is 816. The molecule has 0 saturated carbocycles. The summed E-state index contributed by atoms with van der Waals surface area (Å²) in [5, 5.41) is 13.6. The summed E-state index contributed by atoms with van der Waals surface area (Å²) in [5.41, 5.74) is 0.134. The number of para-hydroxylation sites is 2. The molecule has 5 nitrogen and oxygen atoms in total. The number of rotatable bonds is 4. The maximum Gasteiger partial charge on any atom is 0.263 e. The van der Waals surface area contributed by atoms with Crippen LogP contribution in [0.3, 0.4) is 0 Å². The first-order chi connectivity index (χ1) is 11.4. The van der Waals surface area contributed by atoms with Crippen molar-refractivity contribution in [3.8, 4) is 0 Å². The maximum absolute atomic E-state index is 12.5. The largest absolute Gasteiger partial charge is 0.375 e. The van der Waals surface area contributed by atoms with E-state index >= 15 is 0 Å². The summed E-state index contributed by atoms with van der Waals surface area (Å²) in [6.45, 7) is 3.75. The van der Waals surface area contributed by atoms with Crippen LogP contribution in [0.2, 0.25) is 0 Å². The molecule has 0 bridgehead atoms. The molecule has 2 aromatic carbocycles. The summed E-state index contributed by atoms with van der Waals surface area (Å²) >= 11 is 0. The Hall–Kier alpha value is -2.92. The van der Waals surface area contributed by atoms with Gasteiger partial charge in [0, 0.05) is 30.3 Å². The molecule has 1 heterocycles. The van der Waals surface area contributed by atoms with E-state index in [9.17, 15) is 14.7 Å². The molecule has 0 radical (unpaired) electrons. The molecule has 1 aliphatic heterocycles. The van der Waals surface area contributed by atoms with Gasteiger partial charge in [-0.3, -0.25) is 9.59 Å². The second kappa shape index (κ2) is 5.94. The van der Waals surface area contributed by atoms with Gasteiger partial charge >= 0.3 is 0 Å². The second-order valence-electron chi connectivity index (χ2n) is 5.84. The predicted molar refractivity (Wildman–Crippen MR) is 92.6 cm³/mol. The Kier molecular flexibility index (Phi) is 3.95. The van der Waals surface area contributed by atoms with E-state index in [1.54, 1.807) is 55.6 Å². The Morgan fingerprint density at radius 2 is 1.79 bits per heavy atom. The molecule has 2 N–H and O–H groups in total. The number of nitrogens with zero attached hydrogens (tertiary/aromatic N) is 1. The van der Waals surface area contributed by atoms with E-state index < -0.39 is 17.4 Å². The van der Waals surface area contributed by atoms with Gasteiger partial charge in [0.1, 0.15) is 0 Å². The zero-order valence-electron chi connectivity index (χ0n) is 13.3. The molecule has 122 valence electrons. The summed E-state index contributed by atoms with van der Waals surface area (Å²) in [5.74, 6) is -0.883. The third-order valence-electron chi connectivity index (χ3n) is 4.19. The molecule has 2 amide bonds. The molecule has 0 aromatic heterocycles. The lowest BCUT2D eigenvalue weighted by atomic mass is 9.88. The lowest BCUT2D eigenvalue weighted by Gasteiger charge is -2.22. The van der Waals surface area contributed by atoms with Gasteiger partial charge in [-0.05, 0) is 18.2 Å². The zero-order valence-corrected chi connectivity index (χ0v) is 13.3. The number of amides is 2. The number of fused-ring (bicyclic) bond motifs is 1. The molecule has 1 atom stereocenters. The van der Waals surface area contributed by atoms with Crippen molar-refractivity contribution >= 4 is 23.2 Å². The Balaban J connectivity index is 1.81. The fraction of sp³-hybridized carbons (Fsp3) is 0.158. The lowest BCUT2D eigenvalue weighted by Crippen LogP contribution is -2.39. The fourth-order valence-corrected chi connectivity index (χ4v) is 2.92. The predicted octanol–water partition coefficient (Wildman–Crippen LogP) is 2.44. The highest BCUT2D eigenvalue weighted by atomic mass is 16.3. The van der Waals surface area contributed by atoms with E-state index in [0.717, 1.165) is 0 Å². The van der Waals surface area contributed by atoms with Gasteiger partial charge < -0.3 is 15.3 Å². The molecule has 0 aliphatic carbocycles. The number of benzene rings is 2. The summed E-state index contributed by atoms with van der Waals surface area (Å²) in [6.07, 6.45) is -0.161. The zero-order chi connectivity index (χ0) is 17.3. The summed E-state index contributed by atoms with van der Waals surface area (Å²) in [4.78, 5) is 26.2. The minimum atomic E-state index is -1.77. The molecule has 0 saturated heterocycles. The lowest BCUT2D eigenvalue weighted by molar-refractivity contribution is -0.135. The molecule has 5 heteroatoms. The maximum atomic E-state index is 12.5. The highest BCUT2D eigenvalue weighted by molar-refractivity contribution is 6.09. The first kappa shape index (κ1) is 16.0. The van der Waals surface area contributed by atoms with Crippen molar-refractivity contribution in [2.45, 2.75) is 12.0 Å². The van der Waals surface area contributed by atoms with Gasteiger partial charge in [-0.1, -0.05) is 43.0 Å². The molecule has 0 spiro atoms. The molecular formula is C19H18N2O3. The highest BCUT2D eigenvalue weighted by Gasteiger charge is 2.48. The van der Waals surface area contributed by atoms with E-state index in [0.29, 0.717) is 16.9 Å². The minimum absolute atomic E-state index is 0.139. The van der Waals surface area contributed by atoms with E-state index in [1.165, 1.54) is 4.90 Å². The van der Waals surface area contributed by atoms with Crippen LogP contribution in [0, 0.1) is 0 Å². The van der Waals surface area contributed by atoms with Crippen molar-refractivity contribution < 1.29 is 14.7 Å². The van der Waals surface area contributed by atoms with Gasteiger partial charge in [-0.15, -0.1) is 0 Å². The number of aliphatic hydroxyl groups is 1. The number of hydrogen-bond donors (Lipinski definition) is 2. The molecule has 0 unspecified atom stereocenters. The topological polar surface area (TPSA) is 69.6 Å². The van der Waals surface area contributed by atoms with Gasteiger partial charge in [0.25, 0.3) is 11.8 Å². The van der Waals surface area contributed by atoms with Crippen molar-refractivity contribution in [2.75, 3.05) is 17.3 Å². The Labute approximate surface area is 140 Å². The molecule has 3 rings (SSSR count). The normalized spacial score (nSPS) is 19.1. The molecular weight excluding hydrogens is 304 g/mol. The molecule has 1 aliphatic rings. The number of anilines is 2. The monoisotopic (exact) mass is 322 g/mol. The van der Waals surface area contributed by atoms with E-state index in [1.807, 2.05) is 6.07 Å². The van der Waals surface area contributed by atoms with Crippen molar-refractivity contribution in [3.63, 3.8) is 0 Å². The van der Waals surface area contributed by atoms with E-state index in [2.05, 4.69) is 11.9 Å². The van der Waals surface area contributed by atoms with E-state index in [4.69, 9.17) is 0 Å². The van der Waals surface area contributed by atoms with Crippen LogP contribution in [0.25, 0.3) is 0 Å². The minimum Gasteiger partial charge on any atom is -0.375 e. The number of carbonyl (C=O) groups is 2. The first-order valence-corrected chi connectivity index (χ1v) is 7.57. The second-order valence-corrected chi connectivity index (χ2v) is 5.84. The van der Waals surface area contributed by atoms with Crippen LogP contribution >= 0.6 is 0 Å². The van der Waals surface area contributed by atoms with Crippen LogP contribution in [0.5, 0.6) is 0 Å². The van der Waals surface area contributed by atoms with Crippen molar-refractivity contribution in [2.24, 2.45) is 0 Å². The van der Waals surface area contributed by atoms with Crippen LogP contribution in [0.15, 0.2) is 66.7 Å². The highest BCUT2D eigenvalue weighted by Crippen LogP contribution is 2.42. The van der Waals surface area contributed by atoms with Crippen LogP contribution < -0.4 is 10.2 Å². The standard InChI is InChI=1S/C19H18N2O3/c1-13(17(22)20-14-8-4-3-5-9-14)12-19(24)15-10-6-7-11-16(15)21(2)18(19)23/h3-11,24H,1,12H2,2H3,(H,20,22)/t19-/m1/s1. The Morgan fingerprint density at radius 1 is 1.17 bits per heavy atom. The summed E-state index contributed by atoms with van der Waals surface area (Å²) in [6, 6.07) is 16.0. The van der Waals surface area contributed by atoms with Crippen LogP contribution in [-0.4, -0.2) is 24.0 Å². The van der Waals surface area contributed by atoms with Gasteiger partial charge in [-0.25, -0.2) is 0 Å². The van der Waals surface area contributed by atoms with Crippen molar-refractivity contribution in [1.29, 1.82) is 0 Å². The summed E-state index contributed by atoms with van der Waals surface area (Å²) in [7, 11) is 1.60. The van der Waals surface area contributed by atoms with Crippen LogP contribution in [-0.2, 0) is 15.2 Å². The quantitative estimate of drug-likeness (QED) is 0.850. The van der Waals surface area contributed by atoms with Gasteiger partial charge in [0.15, 0.2) is 5.60 Å². The average Bonchev–Trinajstić information content (AvgIpc) is 2.78. The van der Waals surface area contributed by atoms with Gasteiger partial charge in [-0.2, -0.15) is 0 Å². The summed E-state index contributed by atoms with van der Waals surface area (Å²) < 4.78 is 0. The average molecular weight is 322 g/mol. The van der Waals surface area contributed by atoms with Crippen LogP contribution in [0.1, 0.15) is 12.0 Å².